The number of furan rings is 1. The van der Waals surface area contributed by atoms with E-state index in [-0.39, 0.29) is 5.91 Å². The molecule has 6 nitrogen and oxygen atoms in total. The largest absolute Gasteiger partial charge is 0.469 e. The number of hydrogen-bond acceptors (Lipinski definition) is 6. The Kier molecular flexibility index (Phi) is 4.68. The lowest BCUT2D eigenvalue weighted by Gasteiger charge is -2.10. The van der Waals surface area contributed by atoms with Crippen LogP contribution in [0.1, 0.15) is 12.7 Å². The van der Waals surface area contributed by atoms with Crippen LogP contribution >= 0.6 is 11.8 Å². The highest BCUT2D eigenvalue weighted by molar-refractivity contribution is 8.00. The van der Waals surface area contributed by atoms with Crippen LogP contribution in [0, 0.1) is 6.92 Å². The number of nitrogens with zero attached hydrogens (tertiary/aromatic N) is 2. The summed E-state index contributed by atoms with van der Waals surface area (Å²) in [6, 6.07) is 15.6. The van der Waals surface area contributed by atoms with Gasteiger partial charge in [0.25, 0.3) is 11.1 Å². The highest BCUT2D eigenvalue weighted by Gasteiger charge is 2.20. The molecule has 0 spiro atoms. The molecule has 0 aliphatic rings. The van der Waals surface area contributed by atoms with Crippen molar-refractivity contribution in [3.05, 3.63) is 60.6 Å². The van der Waals surface area contributed by atoms with Gasteiger partial charge in [0, 0.05) is 5.69 Å². The lowest BCUT2D eigenvalue weighted by atomic mass is 10.1. The molecule has 0 radical (unpaired) electrons. The predicted molar refractivity (Wildman–Crippen MR) is 105 cm³/mol. The van der Waals surface area contributed by atoms with Crippen LogP contribution in [0.15, 0.2) is 68.9 Å². The summed E-state index contributed by atoms with van der Waals surface area (Å²) < 4.78 is 10.9. The molecule has 7 heteroatoms. The quantitative estimate of drug-likeness (QED) is 0.496. The molecule has 0 fully saturated rings. The summed E-state index contributed by atoms with van der Waals surface area (Å²) in [6.45, 7) is 3.63. The third-order valence-corrected chi connectivity index (χ3v) is 5.09. The Balaban J connectivity index is 1.43. The second-order valence-electron chi connectivity index (χ2n) is 6.07. The van der Waals surface area contributed by atoms with Crippen molar-refractivity contribution in [2.75, 3.05) is 5.32 Å². The maximum atomic E-state index is 12.5. The lowest BCUT2D eigenvalue weighted by molar-refractivity contribution is -0.115. The molecule has 0 aliphatic heterocycles. The number of fused-ring (bicyclic) bond motifs is 1. The summed E-state index contributed by atoms with van der Waals surface area (Å²) in [5, 5.41) is 13.1. The summed E-state index contributed by atoms with van der Waals surface area (Å²) in [7, 11) is 0. The maximum Gasteiger partial charge on any atom is 0.277 e. The van der Waals surface area contributed by atoms with E-state index < -0.39 is 5.25 Å². The van der Waals surface area contributed by atoms with E-state index in [1.807, 2.05) is 49.4 Å². The van der Waals surface area contributed by atoms with Crippen LogP contribution in [0.3, 0.4) is 0 Å². The number of carbonyl (C=O) groups excluding carboxylic acids is 1. The molecule has 136 valence electrons. The average Bonchev–Trinajstić information content (AvgIpc) is 3.30. The fourth-order valence-electron chi connectivity index (χ4n) is 2.69. The number of rotatable bonds is 5. The normalized spacial score (nSPS) is 12.2. The molecule has 27 heavy (non-hydrogen) atoms. The molecule has 4 aromatic rings. The summed E-state index contributed by atoms with van der Waals surface area (Å²) >= 11 is 1.22. The van der Waals surface area contributed by atoms with Crippen molar-refractivity contribution in [3.63, 3.8) is 0 Å². The Morgan fingerprint density at radius 2 is 1.93 bits per heavy atom. The van der Waals surface area contributed by atoms with E-state index >= 15 is 0 Å². The van der Waals surface area contributed by atoms with Gasteiger partial charge in [0.15, 0.2) is 0 Å². The van der Waals surface area contributed by atoms with Crippen LogP contribution in [0.2, 0.25) is 0 Å². The average molecular weight is 379 g/mol. The van der Waals surface area contributed by atoms with Gasteiger partial charge in [-0.1, -0.05) is 42.1 Å². The van der Waals surface area contributed by atoms with E-state index in [2.05, 4.69) is 15.5 Å². The van der Waals surface area contributed by atoms with Crippen molar-refractivity contribution in [1.82, 2.24) is 10.2 Å². The van der Waals surface area contributed by atoms with Crippen LogP contribution < -0.4 is 5.32 Å². The van der Waals surface area contributed by atoms with Gasteiger partial charge >= 0.3 is 0 Å². The Hall–Kier alpha value is -3.06. The van der Waals surface area contributed by atoms with E-state index in [9.17, 15) is 4.79 Å². The molecule has 1 N–H and O–H groups in total. The molecule has 1 unspecified atom stereocenters. The van der Waals surface area contributed by atoms with Gasteiger partial charge < -0.3 is 14.2 Å². The van der Waals surface area contributed by atoms with Crippen LogP contribution in [-0.2, 0) is 4.79 Å². The first-order chi connectivity index (χ1) is 13.1. The van der Waals surface area contributed by atoms with Crippen LogP contribution in [0.4, 0.5) is 5.69 Å². The van der Waals surface area contributed by atoms with Gasteiger partial charge in [-0.25, -0.2) is 0 Å². The highest BCUT2D eigenvalue weighted by Crippen LogP contribution is 2.29. The van der Waals surface area contributed by atoms with Crippen molar-refractivity contribution in [1.29, 1.82) is 0 Å². The third kappa shape index (κ3) is 3.73. The molecule has 2 aromatic heterocycles. The fraction of sp³-hybridized carbons (Fsp3) is 0.150. The molecule has 1 amide bonds. The molecule has 0 aliphatic carbocycles. The van der Waals surface area contributed by atoms with E-state index in [1.165, 1.54) is 11.8 Å². The molecule has 2 heterocycles. The number of benzene rings is 2. The Morgan fingerprint density at radius 1 is 1.11 bits per heavy atom. The Labute approximate surface area is 160 Å². The number of hydrogen-bond donors (Lipinski definition) is 1. The minimum atomic E-state index is -0.393. The number of aryl methyl sites for hydroxylation is 1. The molecule has 0 saturated heterocycles. The molecular formula is C20H17N3O3S. The van der Waals surface area contributed by atoms with E-state index in [1.54, 1.807) is 19.3 Å². The highest BCUT2D eigenvalue weighted by atomic mass is 32.2. The second kappa shape index (κ2) is 7.28. The maximum absolute atomic E-state index is 12.5. The molecule has 4 rings (SSSR count). The van der Waals surface area contributed by atoms with Crippen LogP contribution in [-0.4, -0.2) is 21.4 Å². The molecule has 2 aromatic carbocycles. The van der Waals surface area contributed by atoms with Crippen molar-refractivity contribution in [2.24, 2.45) is 0 Å². The first-order valence-corrected chi connectivity index (χ1v) is 9.32. The number of aromatic nitrogens is 2. The zero-order chi connectivity index (χ0) is 18.8. The van der Waals surface area contributed by atoms with Gasteiger partial charge in [-0.2, -0.15) is 0 Å². The zero-order valence-corrected chi connectivity index (χ0v) is 15.6. The first-order valence-electron chi connectivity index (χ1n) is 8.44. The molecule has 0 saturated carbocycles. The monoisotopic (exact) mass is 379 g/mol. The first kappa shape index (κ1) is 17.4. The number of anilines is 1. The SMILES string of the molecule is Cc1occc1-c1nnc(SC(C)C(=O)Nc2ccc3ccccc3c2)o1. The van der Waals surface area contributed by atoms with Crippen molar-refractivity contribution in [2.45, 2.75) is 24.3 Å². The fourth-order valence-corrected chi connectivity index (χ4v) is 3.37. The summed E-state index contributed by atoms with van der Waals surface area (Å²) in [6.07, 6.45) is 1.57. The number of amides is 1. The smallest absolute Gasteiger partial charge is 0.277 e. The van der Waals surface area contributed by atoms with Crippen LogP contribution in [0.25, 0.3) is 22.2 Å². The summed E-state index contributed by atoms with van der Waals surface area (Å²) in [5.74, 6) is 0.956. The van der Waals surface area contributed by atoms with Crippen molar-refractivity contribution >= 4 is 34.1 Å². The lowest BCUT2D eigenvalue weighted by Crippen LogP contribution is -2.22. The van der Waals surface area contributed by atoms with Gasteiger partial charge in [0.2, 0.25) is 5.91 Å². The second-order valence-corrected chi connectivity index (χ2v) is 7.37. The topological polar surface area (TPSA) is 81.2 Å². The zero-order valence-electron chi connectivity index (χ0n) is 14.8. The number of thioether (sulfide) groups is 1. The Morgan fingerprint density at radius 3 is 2.70 bits per heavy atom. The van der Waals surface area contributed by atoms with Gasteiger partial charge in [0.05, 0.1) is 17.1 Å². The van der Waals surface area contributed by atoms with E-state index in [4.69, 9.17) is 8.83 Å². The van der Waals surface area contributed by atoms with Gasteiger partial charge in [0.1, 0.15) is 5.76 Å². The minimum Gasteiger partial charge on any atom is -0.469 e. The van der Waals surface area contributed by atoms with Gasteiger partial charge in [-0.3, -0.25) is 4.79 Å². The van der Waals surface area contributed by atoms with Crippen LogP contribution in [0.5, 0.6) is 0 Å². The molecular weight excluding hydrogens is 362 g/mol. The third-order valence-electron chi connectivity index (χ3n) is 4.16. The predicted octanol–water partition coefficient (Wildman–Crippen LogP) is 4.91. The number of nitrogens with one attached hydrogen (secondary N) is 1. The van der Waals surface area contributed by atoms with Gasteiger partial charge in [-0.15, -0.1) is 10.2 Å². The molecule has 0 bridgehead atoms. The van der Waals surface area contributed by atoms with E-state index in [0.717, 1.165) is 22.0 Å². The minimum absolute atomic E-state index is 0.130. The number of carbonyl (C=O) groups is 1. The standard InChI is InChI=1S/C20H17N3O3S/c1-12-17(9-10-25-12)19-22-23-20(26-19)27-13(2)18(24)21-16-8-7-14-5-3-4-6-15(14)11-16/h3-11,13H,1-2H3,(H,21,24). The van der Waals surface area contributed by atoms with Crippen molar-refractivity contribution in [3.8, 4) is 11.5 Å². The Bertz CT molecular complexity index is 1100. The van der Waals surface area contributed by atoms with E-state index in [0.29, 0.717) is 16.9 Å². The van der Waals surface area contributed by atoms with Gasteiger partial charge in [-0.05, 0) is 42.8 Å². The summed E-state index contributed by atoms with van der Waals surface area (Å²) in [5.41, 5.74) is 1.51. The molecule has 1 atom stereocenters. The van der Waals surface area contributed by atoms with Crippen molar-refractivity contribution < 1.29 is 13.6 Å². The summed E-state index contributed by atoms with van der Waals surface area (Å²) in [4.78, 5) is 12.5.